The van der Waals surface area contributed by atoms with Crippen LogP contribution in [0.3, 0.4) is 0 Å². The van der Waals surface area contributed by atoms with Crippen LogP contribution in [-0.2, 0) is 0 Å². The molecule has 1 nitrogen and oxygen atoms in total. The first kappa shape index (κ1) is 9.91. The molecule has 1 aliphatic carbocycles. The Labute approximate surface area is 90.1 Å². The highest BCUT2D eigenvalue weighted by Gasteiger charge is 2.04. The molecule has 0 bridgehead atoms. The molecule has 0 heterocycles. The van der Waals surface area contributed by atoms with Crippen LogP contribution in [0.1, 0.15) is 29.6 Å². The van der Waals surface area contributed by atoms with Gasteiger partial charge < -0.3 is 0 Å². The summed E-state index contributed by atoms with van der Waals surface area (Å²) < 4.78 is 0. The van der Waals surface area contributed by atoms with Gasteiger partial charge in [0.25, 0.3) is 0 Å². The van der Waals surface area contributed by atoms with E-state index >= 15 is 0 Å². The standard InChI is InChI=1S/C14H14O/c15-14(13-9-5-2-6-10-13)11-12-7-3-1-4-8-12/h2-3,5-7,9-11H,1,4,8H2/b12-11+. The molecule has 0 saturated heterocycles. The van der Waals surface area contributed by atoms with Crippen LogP contribution in [0.4, 0.5) is 0 Å². The molecule has 0 saturated carbocycles. The van der Waals surface area contributed by atoms with E-state index < -0.39 is 0 Å². The van der Waals surface area contributed by atoms with Crippen molar-refractivity contribution in [1.29, 1.82) is 0 Å². The number of carbonyl (C=O) groups excluding carboxylic acids is 1. The average Bonchev–Trinajstić information content (AvgIpc) is 2.31. The molecule has 0 spiro atoms. The number of hydrogen-bond acceptors (Lipinski definition) is 1. The summed E-state index contributed by atoms with van der Waals surface area (Å²) >= 11 is 0. The van der Waals surface area contributed by atoms with Crippen LogP contribution in [0.5, 0.6) is 0 Å². The van der Waals surface area contributed by atoms with Crippen molar-refractivity contribution in [3.05, 3.63) is 59.7 Å². The van der Waals surface area contributed by atoms with Gasteiger partial charge in [0.05, 0.1) is 0 Å². The van der Waals surface area contributed by atoms with Crippen molar-refractivity contribution in [2.75, 3.05) is 0 Å². The van der Waals surface area contributed by atoms with Crippen LogP contribution in [-0.4, -0.2) is 5.78 Å². The largest absolute Gasteiger partial charge is 0.289 e. The molecule has 0 aliphatic heterocycles. The number of ketones is 1. The minimum Gasteiger partial charge on any atom is -0.289 e. The molecule has 0 N–H and O–H groups in total. The Morgan fingerprint density at radius 1 is 1.20 bits per heavy atom. The smallest absolute Gasteiger partial charge is 0.186 e. The zero-order chi connectivity index (χ0) is 10.5. The molecule has 0 amide bonds. The van der Waals surface area contributed by atoms with Crippen LogP contribution in [0, 0.1) is 0 Å². The average molecular weight is 198 g/mol. The summed E-state index contributed by atoms with van der Waals surface area (Å²) in [4.78, 5) is 11.8. The lowest BCUT2D eigenvalue weighted by molar-refractivity contribution is 0.104. The van der Waals surface area contributed by atoms with Gasteiger partial charge >= 0.3 is 0 Å². The third kappa shape index (κ3) is 2.66. The summed E-state index contributed by atoms with van der Waals surface area (Å²) in [7, 11) is 0. The quantitative estimate of drug-likeness (QED) is 0.524. The first-order chi connectivity index (χ1) is 7.36. The first-order valence-electron chi connectivity index (χ1n) is 5.33. The van der Waals surface area contributed by atoms with E-state index in [-0.39, 0.29) is 5.78 Å². The maximum absolute atomic E-state index is 11.8. The van der Waals surface area contributed by atoms with E-state index in [1.807, 2.05) is 30.3 Å². The Kier molecular flexibility index (Phi) is 3.13. The highest BCUT2D eigenvalue weighted by Crippen LogP contribution is 2.16. The van der Waals surface area contributed by atoms with Gasteiger partial charge in [-0.1, -0.05) is 42.5 Å². The third-order valence-electron chi connectivity index (χ3n) is 2.54. The van der Waals surface area contributed by atoms with E-state index in [0.29, 0.717) is 0 Å². The van der Waals surface area contributed by atoms with Gasteiger partial charge in [-0.2, -0.15) is 0 Å². The lowest BCUT2D eigenvalue weighted by atomic mass is 9.99. The lowest BCUT2D eigenvalue weighted by Crippen LogP contribution is -1.97. The Balaban J connectivity index is 2.16. The van der Waals surface area contributed by atoms with Crippen molar-refractivity contribution in [2.45, 2.75) is 19.3 Å². The Morgan fingerprint density at radius 3 is 2.67 bits per heavy atom. The second-order valence-electron chi connectivity index (χ2n) is 3.74. The summed E-state index contributed by atoms with van der Waals surface area (Å²) in [5.41, 5.74) is 1.92. The van der Waals surface area contributed by atoms with Crippen molar-refractivity contribution in [2.24, 2.45) is 0 Å². The molecular formula is C14H14O. The van der Waals surface area contributed by atoms with Crippen molar-refractivity contribution in [1.82, 2.24) is 0 Å². The summed E-state index contributed by atoms with van der Waals surface area (Å²) in [6.45, 7) is 0. The molecule has 2 rings (SSSR count). The van der Waals surface area contributed by atoms with Crippen LogP contribution in [0.2, 0.25) is 0 Å². The second kappa shape index (κ2) is 4.74. The first-order valence-corrected chi connectivity index (χ1v) is 5.33. The fraction of sp³-hybridized carbons (Fsp3) is 0.214. The summed E-state index contributed by atoms with van der Waals surface area (Å²) in [5, 5.41) is 0. The zero-order valence-electron chi connectivity index (χ0n) is 8.65. The Bertz CT molecular complexity index is 399. The van der Waals surface area contributed by atoms with Gasteiger partial charge in [0.2, 0.25) is 0 Å². The van der Waals surface area contributed by atoms with Gasteiger partial charge in [0, 0.05) is 5.56 Å². The fourth-order valence-electron chi connectivity index (χ4n) is 1.72. The number of carbonyl (C=O) groups is 1. The van der Waals surface area contributed by atoms with Gasteiger partial charge in [0.15, 0.2) is 5.78 Å². The van der Waals surface area contributed by atoms with E-state index in [4.69, 9.17) is 0 Å². The predicted molar refractivity (Wildman–Crippen MR) is 61.8 cm³/mol. The van der Waals surface area contributed by atoms with Crippen LogP contribution in [0.25, 0.3) is 0 Å². The SMILES string of the molecule is O=C(/C=C1\C=CCCC1)c1ccccc1. The van der Waals surface area contributed by atoms with Gasteiger partial charge in [-0.25, -0.2) is 0 Å². The highest BCUT2D eigenvalue weighted by atomic mass is 16.1. The Hall–Kier alpha value is -1.63. The highest BCUT2D eigenvalue weighted by molar-refractivity contribution is 6.05. The molecule has 15 heavy (non-hydrogen) atoms. The third-order valence-corrected chi connectivity index (χ3v) is 2.54. The van der Waals surface area contributed by atoms with Gasteiger partial charge in [-0.15, -0.1) is 0 Å². The van der Waals surface area contributed by atoms with Crippen LogP contribution < -0.4 is 0 Å². The minimum absolute atomic E-state index is 0.108. The monoisotopic (exact) mass is 198 g/mol. The van der Waals surface area contributed by atoms with Crippen molar-refractivity contribution >= 4 is 5.78 Å². The van der Waals surface area contributed by atoms with Gasteiger partial charge in [0.1, 0.15) is 0 Å². The lowest BCUT2D eigenvalue weighted by Gasteiger charge is -2.06. The fourth-order valence-corrected chi connectivity index (χ4v) is 1.72. The summed E-state index contributed by atoms with van der Waals surface area (Å²) in [6.07, 6.45) is 9.26. The topological polar surface area (TPSA) is 17.1 Å². The van der Waals surface area contributed by atoms with Crippen molar-refractivity contribution in [3.8, 4) is 0 Å². The molecule has 76 valence electrons. The second-order valence-corrected chi connectivity index (χ2v) is 3.74. The van der Waals surface area contributed by atoms with E-state index in [1.165, 1.54) is 0 Å². The Morgan fingerprint density at radius 2 is 2.00 bits per heavy atom. The van der Waals surface area contributed by atoms with Crippen LogP contribution in [0.15, 0.2) is 54.1 Å². The molecule has 1 aliphatic rings. The van der Waals surface area contributed by atoms with Crippen molar-refractivity contribution in [3.63, 3.8) is 0 Å². The van der Waals surface area contributed by atoms with Gasteiger partial charge in [-0.3, -0.25) is 4.79 Å². The maximum atomic E-state index is 11.8. The molecule has 1 heteroatoms. The molecule has 0 aromatic heterocycles. The van der Waals surface area contributed by atoms with Crippen LogP contribution >= 0.6 is 0 Å². The molecule has 0 fully saturated rings. The summed E-state index contributed by atoms with van der Waals surface area (Å²) in [5.74, 6) is 0.108. The van der Waals surface area contributed by atoms with E-state index in [0.717, 1.165) is 30.4 Å². The molecule has 1 aromatic rings. The number of benzene rings is 1. The molecule has 0 atom stereocenters. The number of rotatable bonds is 2. The molecule has 0 radical (unpaired) electrons. The summed E-state index contributed by atoms with van der Waals surface area (Å²) in [6, 6.07) is 9.41. The normalized spacial score (nSPS) is 18.0. The maximum Gasteiger partial charge on any atom is 0.186 e. The predicted octanol–water partition coefficient (Wildman–Crippen LogP) is 3.54. The zero-order valence-corrected chi connectivity index (χ0v) is 8.65. The minimum atomic E-state index is 0.108. The number of hydrogen-bond donors (Lipinski definition) is 0. The van der Waals surface area contributed by atoms with E-state index in [1.54, 1.807) is 6.08 Å². The van der Waals surface area contributed by atoms with Gasteiger partial charge in [-0.05, 0) is 30.9 Å². The van der Waals surface area contributed by atoms with E-state index in [9.17, 15) is 4.79 Å². The van der Waals surface area contributed by atoms with E-state index in [2.05, 4.69) is 12.2 Å². The molecular weight excluding hydrogens is 184 g/mol. The molecule has 0 unspecified atom stereocenters. The van der Waals surface area contributed by atoms with Crippen molar-refractivity contribution < 1.29 is 4.79 Å². The number of allylic oxidation sites excluding steroid dienone is 4. The molecule has 1 aromatic carbocycles.